The highest BCUT2D eigenvalue weighted by atomic mass is 16.2. The van der Waals surface area contributed by atoms with Gasteiger partial charge in [-0.3, -0.25) is 9.59 Å². The Balaban J connectivity index is 2.80. The van der Waals surface area contributed by atoms with Crippen LogP contribution in [-0.4, -0.2) is 35.5 Å². The Hall–Kier alpha value is -1.62. The van der Waals surface area contributed by atoms with Gasteiger partial charge in [-0.05, 0) is 19.0 Å². The standard InChI is InChI=1S/C11H17N3O2/c1-13-7-4-9(8-10(13)15)11(16)14(2)6-3-5-12/h4,7-8H,3,5-6,12H2,1-2H3. The predicted octanol–water partition coefficient (Wildman–Crippen LogP) is -0.194. The van der Waals surface area contributed by atoms with Crippen LogP contribution in [0.5, 0.6) is 0 Å². The first-order chi connectivity index (χ1) is 7.56. The zero-order valence-corrected chi connectivity index (χ0v) is 9.64. The van der Waals surface area contributed by atoms with Gasteiger partial charge < -0.3 is 15.2 Å². The lowest BCUT2D eigenvalue weighted by Crippen LogP contribution is -2.30. The second-order valence-electron chi connectivity index (χ2n) is 3.73. The normalized spacial score (nSPS) is 10.2. The quantitative estimate of drug-likeness (QED) is 0.769. The lowest BCUT2D eigenvalue weighted by atomic mass is 10.2. The van der Waals surface area contributed by atoms with Gasteiger partial charge in [0, 0.05) is 38.5 Å². The van der Waals surface area contributed by atoms with Gasteiger partial charge in [0.25, 0.3) is 11.5 Å². The first-order valence-corrected chi connectivity index (χ1v) is 5.18. The Morgan fingerprint density at radius 1 is 1.56 bits per heavy atom. The lowest BCUT2D eigenvalue weighted by Gasteiger charge is -2.16. The van der Waals surface area contributed by atoms with Crippen molar-refractivity contribution >= 4 is 5.91 Å². The molecule has 5 nitrogen and oxygen atoms in total. The minimum atomic E-state index is -0.182. The van der Waals surface area contributed by atoms with Gasteiger partial charge in [0.1, 0.15) is 0 Å². The minimum Gasteiger partial charge on any atom is -0.342 e. The number of aryl methyl sites for hydroxylation is 1. The topological polar surface area (TPSA) is 68.3 Å². The highest BCUT2D eigenvalue weighted by Crippen LogP contribution is 2.00. The summed E-state index contributed by atoms with van der Waals surface area (Å²) in [6.45, 7) is 1.15. The molecule has 1 rings (SSSR count). The molecule has 0 aliphatic carbocycles. The molecule has 0 atom stereocenters. The maximum atomic E-state index is 11.9. The largest absolute Gasteiger partial charge is 0.342 e. The molecule has 1 aromatic rings. The molecule has 1 heterocycles. The summed E-state index contributed by atoms with van der Waals surface area (Å²) >= 11 is 0. The molecule has 2 N–H and O–H groups in total. The van der Waals surface area contributed by atoms with Crippen LogP contribution in [0.25, 0.3) is 0 Å². The van der Waals surface area contributed by atoms with E-state index in [1.54, 1.807) is 31.3 Å². The van der Waals surface area contributed by atoms with E-state index in [0.717, 1.165) is 6.42 Å². The van der Waals surface area contributed by atoms with Gasteiger partial charge in [0.2, 0.25) is 0 Å². The molecule has 0 fully saturated rings. The van der Waals surface area contributed by atoms with Crippen LogP contribution >= 0.6 is 0 Å². The highest BCUT2D eigenvalue weighted by molar-refractivity contribution is 5.93. The molecule has 1 amide bonds. The molecule has 5 heteroatoms. The zero-order valence-electron chi connectivity index (χ0n) is 9.64. The minimum absolute atomic E-state index is 0.147. The Labute approximate surface area is 94.5 Å². The van der Waals surface area contributed by atoms with E-state index in [0.29, 0.717) is 18.7 Å². The number of hydrogen-bond donors (Lipinski definition) is 1. The van der Waals surface area contributed by atoms with Crippen molar-refractivity contribution in [2.24, 2.45) is 12.8 Å². The van der Waals surface area contributed by atoms with Gasteiger partial charge in [0.15, 0.2) is 0 Å². The number of nitrogens with zero attached hydrogens (tertiary/aromatic N) is 2. The van der Waals surface area contributed by atoms with Crippen LogP contribution in [0.3, 0.4) is 0 Å². The maximum Gasteiger partial charge on any atom is 0.253 e. The number of rotatable bonds is 4. The summed E-state index contributed by atoms with van der Waals surface area (Å²) in [5.41, 5.74) is 5.61. The molecule has 0 aromatic carbocycles. The predicted molar refractivity (Wildman–Crippen MR) is 62.3 cm³/mol. The van der Waals surface area contributed by atoms with Crippen molar-refractivity contribution in [1.29, 1.82) is 0 Å². The van der Waals surface area contributed by atoms with Gasteiger partial charge >= 0.3 is 0 Å². The monoisotopic (exact) mass is 223 g/mol. The highest BCUT2D eigenvalue weighted by Gasteiger charge is 2.11. The van der Waals surface area contributed by atoms with Crippen LogP contribution in [0.2, 0.25) is 0 Å². The van der Waals surface area contributed by atoms with Crippen LogP contribution in [0.4, 0.5) is 0 Å². The summed E-state index contributed by atoms with van der Waals surface area (Å²) in [4.78, 5) is 24.8. The fourth-order valence-electron chi connectivity index (χ4n) is 1.33. The van der Waals surface area contributed by atoms with E-state index >= 15 is 0 Å². The number of amides is 1. The van der Waals surface area contributed by atoms with Gasteiger partial charge in [-0.1, -0.05) is 0 Å². The van der Waals surface area contributed by atoms with E-state index in [-0.39, 0.29) is 11.5 Å². The number of hydrogen-bond acceptors (Lipinski definition) is 3. The molecular weight excluding hydrogens is 206 g/mol. The first-order valence-electron chi connectivity index (χ1n) is 5.18. The van der Waals surface area contributed by atoms with Crippen molar-refractivity contribution in [3.63, 3.8) is 0 Å². The van der Waals surface area contributed by atoms with Crippen molar-refractivity contribution < 1.29 is 4.79 Å². The Morgan fingerprint density at radius 3 is 2.81 bits per heavy atom. The second-order valence-corrected chi connectivity index (χ2v) is 3.73. The summed E-state index contributed by atoms with van der Waals surface area (Å²) in [5.74, 6) is -0.147. The van der Waals surface area contributed by atoms with Crippen LogP contribution in [0.1, 0.15) is 16.8 Å². The Bertz CT molecular complexity index is 425. The summed E-state index contributed by atoms with van der Waals surface area (Å²) in [7, 11) is 3.35. The van der Waals surface area contributed by atoms with E-state index in [9.17, 15) is 9.59 Å². The summed E-state index contributed by atoms with van der Waals surface area (Å²) in [5, 5.41) is 0. The molecule has 88 valence electrons. The SMILES string of the molecule is CN(CCCN)C(=O)c1ccn(C)c(=O)c1. The molecule has 0 spiro atoms. The van der Waals surface area contributed by atoms with Gasteiger partial charge in [0.05, 0.1) is 0 Å². The van der Waals surface area contributed by atoms with Crippen molar-refractivity contribution in [2.75, 3.05) is 20.1 Å². The molecule has 1 aromatic heterocycles. The van der Waals surface area contributed by atoms with Crippen LogP contribution in [-0.2, 0) is 7.05 Å². The van der Waals surface area contributed by atoms with Crippen LogP contribution in [0, 0.1) is 0 Å². The third-order valence-electron chi connectivity index (χ3n) is 2.40. The summed E-state index contributed by atoms with van der Waals surface area (Å²) < 4.78 is 1.43. The average Bonchev–Trinajstić information content (AvgIpc) is 2.28. The molecule has 0 aliphatic rings. The molecule has 0 saturated heterocycles. The fourth-order valence-corrected chi connectivity index (χ4v) is 1.33. The van der Waals surface area contributed by atoms with Gasteiger partial charge in [-0.2, -0.15) is 0 Å². The van der Waals surface area contributed by atoms with Crippen molar-refractivity contribution in [3.05, 3.63) is 34.2 Å². The first kappa shape index (κ1) is 12.4. The number of nitrogens with two attached hydrogens (primary N) is 1. The van der Waals surface area contributed by atoms with E-state index in [2.05, 4.69) is 0 Å². The number of aromatic nitrogens is 1. The molecule has 0 saturated carbocycles. The number of pyridine rings is 1. The van der Waals surface area contributed by atoms with Gasteiger partial charge in [-0.25, -0.2) is 0 Å². The number of carbonyl (C=O) groups excluding carboxylic acids is 1. The van der Waals surface area contributed by atoms with Crippen LogP contribution in [0.15, 0.2) is 23.1 Å². The molecule has 0 aliphatic heterocycles. The van der Waals surface area contributed by atoms with E-state index in [4.69, 9.17) is 5.73 Å². The van der Waals surface area contributed by atoms with Crippen molar-refractivity contribution in [3.8, 4) is 0 Å². The molecule has 0 radical (unpaired) electrons. The fraction of sp³-hybridized carbons (Fsp3) is 0.455. The van der Waals surface area contributed by atoms with Crippen molar-refractivity contribution in [2.45, 2.75) is 6.42 Å². The molecule has 0 bridgehead atoms. The lowest BCUT2D eigenvalue weighted by molar-refractivity contribution is 0.0794. The van der Waals surface area contributed by atoms with E-state index in [1.165, 1.54) is 10.6 Å². The number of carbonyl (C=O) groups is 1. The molecule has 16 heavy (non-hydrogen) atoms. The average molecular weight is 223 g/mol. The molecule has 0 unspecified atom stereocenters. The Kier molecular flexibility index (Phi) is 4.25. The van der Waals surface area contributed by atoms with Crippen molar-refractivity contribution in [1.82, 2.24) is 9.47 Å². The molecular formula is C11H17N3O2. The zero-order chi connectivity index (χ0) is 12.1. The third kappa shape index (κ3) is 2.93. The van der Waals surface area contributed by atoms with E-state index < -0.39 is 0 Å². The van der Waals surface area contributed by atoms with Gasteiger partial charge in [-0.15, -0.1) is 0 Å². The maximum absolute atomic E-state index is 11.9. The third-order valence-corrected chi connectivity index (χ3v) is 2.40. The van der Waals surface area contributed by atoms with Crippen LogP contribution < -0.4 is 11.3 Å². The second kappa shape index (κ2) is 5.46. The Morgan fingerprint density at radius 2 is 2.25 bits per heavy atom. The summed E-state index contributed by atoms with van der Waals surface area (Å²) in [6, 6.07) is 2.99. The summed E-state index contributed by atoms with van der Waals surface area (Å²) in [6.07, 6.45) is 2.35. The van der Waals surface area contributed by atoms with E-state index in [1.807, 2.05) is 0 Å². The smallest absolute Gasteiger partial charge is 0.253 e.